The molecule has 1 aliphatic carbocycles. The van der Waals surface area contributed by atoms with Crippen molar-refractivity contribution < 1.29 is 14.3 Å². The minimum Gasteiger partial charge on any atom is -0.480 e. The van der Waals surface area contributed by atoms with Crippen LogP contribution in [0.5, 0.6) is 0 Å². The predicted molar refractivity (Wildman–Crippen MR) is 60.3 cm³/mol. The molecule has 0 radical (unpaired) electrons. The van der Waals surface area contributed by atoms with Gasteiger partial charge in [-0.15, -0.1) is 0 Å². The Morgan fingerprint density at radius 2 is 2.19 bits per heavy atom. The highest BCUT2D eigenvalue weighted by Gasteiger charge is 2.50. The van der Waals surface area contributed by atoms with Crippen LogP contribution in [0.1, 0.15) is 18.4 Å². The van der Waals surface area contributed by atoms with Gasteiger partial charge in [-0.3, -0.25) is 0 Å². The van der Waals surface area contributed by atoms with Gasteiger partial charge in [-0.2, -0.15) is 0 Å². The Morgan fingerprint density at radius 3 is 2.69 bits per heavy atom. The van der Waals surface area contributed by atoms with E-state index >= 15 is 0 Å². The molecule has 1 atom stereocenters. The summed E-state index contributed by atoms with van der Waals surface area (Å²) in [5.41, 5.74) is 4.33. The van der Waals surface area contributed by atoms with Gasteiger partial charge >= 0.3 is 5.97 Å². The summed E-state index contributed by atoms with van der Waals surface area (Å²) in [5, 5.41) is 9.20. The molecule has 0 spiro atoms. The lowest BCUT2D eigenvalue weighted by molar-refractivity contribution is -0.144. The van der Waals surface area contributed by atoms with Crippen molar-refractivity contribution >= 4 is 21.9 Å². The Labute approximate surface area is 101 Å². The van der Waals surface area contributed by atoms with Crippen LogP contribution in [0.3, 0.4) is 0 Å². The number of carboxylic acids is 1. The van der Waals surface area contributed by atoms with Crippen molar-refractivity contribution in [3.8, 4) is 0 Å². The molecule has 1 fully saturated rings. The number of halogens is 2. The zero-order valence-electron chi connectivity index (χ0n) is 8.41. The van der Waals surface area contributed by atoms with Crippen molar-refractivity contribution in [2.45, 2.75) is 18.4 Å². The van der Waals surface area contributed by atoms with Gasteiger partial charge in [0.05, 0.1) is 0 Å². The van der Waals surface area contributed by atoms with Crippen LogP contribution in [0.2, 0.25) is 0 Å². The van der Waals surface area contributed by atoms with E-state index in [1.54, 1.807) is 0 Å². The average molecular weight is 288 g/mol. The van der Waals surface area contributed by atoms with Gasteiger partial charge in [0.2, 0.25) is 0 Å². The van der Waals surface area contributed by atoms with Gasteiger partial charge in [0, 0.05) is 10.0 Å². The van der Waals surface area contributed by atoms with E-state index in [0.29, 0.717) is 4.47 Å². The molecular formula is C11H11BrFNO2. The second-order valence-electron chi connectivity index (χ2n) is 4.07. The number of hydrogen-bond acceptors (Lipinski definition) is 2. The van der Waals surface area contributed by atoms with Gasteiger partial charge in [0.15, 0.2) is 0 Å². The standard InChI is InChI=1S/C11H11BrFNO2/c12-7-3-4-9(13)8(5-7)11(14,10(15)16)6-1-2-6/h3-6H,1-2,14H2,(H,15,16)/t11-/m1/s1. The number of rotatable bonds is 3. The Hall–Kier alpha value is -0.940. The zero-order valence-corrected chi connectivity index (χ0v) is 10.00. The van der Waals surface area contributed by atoms with Crippen LogP contribution in [0.4, 0.5) is 4.39 Å². The quantitative estimate of drug-likeness (QED) is 0.896. The summed E-state index contributed by atoms with van der Waals surface area (Å²) in [4.78, 5) is 11.3. The SMILES string of the molecule is N[C@@](C(=O)O)(c1cc(Br)ccc1F)C1CC1. The largest absolute Gasteiger partial charge is 0.480 e. The highest BCUT2D eigenvalue weighted by Crippen LogP contribution is 2.45. The minimum absolute atomic E-state index is 0.0527. The van der Waals surface area contributed by atoms with Gasteiger partial charge in [0.25, 0.3) is 0 Å². The number of carbonyl (C=O) groups is 1. The van der Waals surface area contributed by atoms with E-state index in [2.05, 4.69) is 15.9 Å². The van der Waals surface area contributed by atoms with E-state index in [9.17, 15) is 14.3 Å². The number of nitrogens with two attached hydrogens (primary N) is 1. The van der Waals surface area contributed by atoms with Crippen LogP contribution in [0.15, 0.2) is 22.7 Å². The van der Waals surface area contributed by atoms with E-state index in [-0.39, 0.29) is 11.5 Å². The van der Waals surface area contributed by atoms with Crippen LogP contribution in [-0.2, 0) is 10.3 Å². The van der Waals surface area contributed by atoms with Crippen molar-refractivity contribution in [1.82, 2.24) is 0 Å². The lowest BCUT2D eigenvalue weighted by atomic mass is 9.86. The summed E-state index contributed by atoms with van der Waals surface area (Å²) >= 11 is 3.19. The fraction of sp³-hybridized carbons (Fsp3) is 0.364. The number of aliphatic carboxylic acids is 1. The molecule has 0 amide bonds. The second-order valence-corrected chi connectivity index (χ2v) is 4.99. The van der Waals surface area contributed by atoms with Crippen LogP contribution < -0.4 is 5.73 Å². The van der Waals surface area contributed by atoms with E-state index in [4.69, 9.17) is 5.73 Å². The molecule has 0 bridgehead atoms. The topological polar surface area (TPSA) is 63.3 Å². The number of hydrogen-bond donors (Lipinski definition) is 2. The Kier molecular flexibility index (Phi) is 2.75. The van der Waals surface area contributed by atoms with Gasteiger partial charge < -0.3 is 10.8 Å². The number of carboxylic acid groups (broad SMARTS) is 1. The maximum atomic E-state index is 13.6. The maximum Gasteiger partial charge on any atom is 0.328 e. The lowest BCUT2D eigenvalue weighted by Gasteiger charge is -2.25. The molecule has 16 heavy (non-hydrogen) atoms. The molecule has 0 saturated heterocycles. The van der Waals surface area contributed by atoms with Gasteiger partial charge in [0.1, 0.15) is 11.4 Å². The van der Waals surface area contributed by atoms with Crippen molar-refractivity contribution in [3.05, 3.63) is 34.1 Å². The zero-order chi connectivity index (χ0) is 11.9. The van der Waals surface area contributed by atoms with Crippen molar-refractivity contribution in [2.75, 3.05) is 0 Å². The molecule has 0 heterocycles. The predicted octanol–water partition coefficient (Wildman–Crippen LogP) is 2.24. The molecular weight excluding hydrogens is 277 g/mol. The first kappa shape index (κ1) is 11.5. The monoisotopic (exact) mass is 287 g/mol. The molecule has 0 aromatic heterocycles. The minimum atomic E-state index is -1.60. The molecule has 0 unspecified atom stereocenters. The third-order valence-corrected chi connectivity index (χ3v) is 3.44. The first-order valence-electron chi connectivity index (χ1n) is 4.94. The number of benzene rings is 1. The highest BCUT2D eigenvalue weighted by molar-refractivity contribution is 9.10. The van der Waals surface area contributed by atoms with E-state index in [0.717, 1.165) is 12.8 Å². The molecule has 3 nitrogen and oxygen atoms in total. The third-order valence-electron chi connectivity index (χ3n) is 2.95. The van der Waals surface area contributed by atoms with Gasteiger partial charge in [-0.05, 0) is 37.0 Å². The van der Waals surface area contributed by atoms with Crippen molar-refractivity contribution in [2.24, 2.45) is 11.7 Å². The molecule has 5 heteroatoms. The van der Waals surface area contributed by atoms with Crippen LogP contribution >= 0.6 is 15.9 Å². The normalized spacial score (nSPS) is 19.2. The molecule has 86 valence electrons. The Balaban J connectivity index is 2.54. The maximum absolute atomic E-state index is 13.6. The van der Waals surface area contributed by atoms with E-state index in [1.165, 1.54) is 18.2 Å². The summed E-state index contributed by atoms with van der Waals surface area (Å²) in [6.07, 6.45) is 1.46. The summed E-state index contributed by atoms with van der Waals surface area (Å²) in [6.45, 7) is 0. The first-order valence-corrected chi connectivity index (χ1v) is 5.73. The van der Waals surface area contributed by atoms with Crippen LogP contribution in [0.25, 0.3) is 0 Å². The third kappa shape index (κ3) is 1.74. The molecule has 2 rings (SSSR count). The van der Waals surface area contributed by atoms with Gasteiger partial charge in [-0.1, -0.05) is 15.9 Å². The molecule has 1 aromatic carbocycles. The Morgan fingerprint density at radius 1 is 1.56 bits per heavy atom. The van der Waals surface area contributed by atoms with Crippen LogP contribution in [-0.4, -0.2) is 11.1 Å². The highest BCUT2D eigenvalue weighted by atomic mass is 79.9. The van der Waals surface area contributed by atoms with E-state index < -0.39 is 17.3 Å². The summed E-state index contributed by atoms with van der Waals surface area (Å²) in [6, 6.07) is 4.20. The van der Waals surface area contributed by atoms with E-state index in [1.807, 2.05) is 0 Å². The molecule has 1 saturated carbocycles. The summed E-state index contributed by atoms with van der Waals surface area (Å²) < 4.78 is 14.3. The van der Waals surface area contributed by atoms with Gasteiger partial charge in [-0.25, -0.2) is 9.18 Å². The fourth-order valence-electron chi connectivity index (χ4n) is 1.86. The van der Waals surface area contributed by atoms with Crippen LogP contribution in [0, 0.1) is 11.7 Å². The second kappa shape index (κ2) is 3.82. The molecule has 1 aromatic rings. The average Bonchev–Trinajstić information content (AvgIpc) is 3.04. The fourth-order valence-corrected chi connectivity index (χ4v) is 2.22. The molecule has 1 aliphatic rings. The van der Waals surface area contributed by atoms with Crippen molar-refractivity contribution in [3.63, 3.8) is 0 Å². The summed E-state index contributed by atoms with van der Waals surface area (Å²) in [7, 11) is 0. The Bertz CT molecular complexity index is 448. The smallest absolute Gasteiger partial charge is 0.328 e. The first-order chi connectivity index (χ1) is 7.46. The van der Waals surface area contributed by atoms with Crippen molar-refractivity contribution in [1.29, 1.82) is 0 Å². The lowest BCUT2D eigenvalue weighted by Crippen LogP contribution is -2.47. The molecule has 3 N–H and O–H groups in total. The summed E-state index contributed by atoms with van der Waals surface area (Å²) in [5.74, 6) is -1.92. The molecule has 0 aliphatic heterocycles.